The Morgan fingerprint density at radius 3 is 2.50 bits per heavy atom. The molecule has 0 saturated heterocycles. The number of aromatic nitrogens is 3. The van der Waals surface area contributed by atoms with E-state index in [1.54, 1.807) is 30.3 Å². The molecule has 0 aliphatic rings. The van der Waals surface area contributed by atoms with Gasteiger partial charge in [-0.2, -0.15) is 9.67 Å². The Morgan fingerprint density at radius 2 is 1.82 bits per heavy atom. The number of nitrogens with zero attached hydrogens (tertiary/aromatic N) is 3. The summed E-state index contributed by atoms with van der Waals surface area (Å²) >= 11 is 0. The van der Waals surface area contributed by atoms with Crippen molar-refractivity contribution in [1.29, 1.82) is 0 Å². The number of carbonyl (C=O) groups excluding carboxylic acids is 1. The third-order valence-corrected chi connectivity index (χ3v) is 4.17. The van der Waals surface area contributed by atoms with E-state index in [1.165, 1.54) is 6.07 Å². The summed E-state index contributed by atoms with van der Waals surface area (Å²) in [7, 11) is 0. The molecule has 0 bridgehead atoms. The summed E-state index contributed by atoms with van der Waals surface area (Å²) in [5.74, 6) is -0.812. The minimum atomic E-state index is -0.494. The van der Waals surface area contributed by atoms with Gasteiger partial charge in [-0.15, -0.1) is 5.10 Å². The highest BCUT2D eigenvalue weighted by atomic mass is 19.1. The second kappa shape index (κ2) is 9.23. The number of rotatable bonds is 8. The Morgan fingerprint density at radius 1 is 1.07 bits per heavy atom. The lowest BCUT2D eigenvalue weighted by atomic mass is 10.1. The van der Waals surface area contributed by atoms with E-state index in [9.17, 15) is 9.18 Å². The normalized spacial score (nSPS) is 10.8. The number of carbonyl (C=O) groups is 1. The van der Waals surface area contributed by atoms with Crippen molar-refractivity contribution in [3.63, 3.8) is 0 Å². The molecule has 0 N–H and O–H groups in total. The van der Waals surface area contributed by atoms with Crippen molar-refractivity contribution < 1.29 is 18.7 Å². The molecule has 0 atom stereocenters. The molecule has 7 heteroatoms. The minimum Gasteiger partial charge on any atom is -0.460 e. The second-order valence-electron chi connectivity index (χ2n) is 6.01. The molecular weight excluding hydrogens is 361 g/mol. The fourth-order valence-corrected chi connectivity index (χ4v) is 2.65. The van der Waals surface area contributed by atoms with Crippen LogP contribution < -0.4 is 4.74 Å². The fraction of sp³-hybridized carbons (Fsp3) is 0.286. The monoisotopic (exact) mass is 383 g/mol. The van der Waals surface area contributed by atoms with Gasteiger partial charge in [-0.1, -0.05) is 31.2 Å². The van der Waals surface area contributed by atoms with E-state index in [-0.39, 0.29) is 24.0 Å². The Labute approximate surface area is 162 Å². The van der Waals surface area contributed by atoms with Gasteiger partial charge in [0.2, 0.25) is 0 Å². The quantitative estimate of drug-likeness (QED) is 0.554. The molecule has 0 radical (unpaired) electrons. The largest absolute Gasteiger partial charge is 0.460 e. The topological polar surface area (TPSA) is 66.2 Å². The van der Waals surface area contributed by atoms with E-state index in [2.05, 4.69) is 10.1 Å². The molecule has 0 unspecified atom stereocenters. The lowest BCUT2D eigenvalue weighted by Crippen LogP contribution is -2.16. The average molecular weight is 383 g/mol. The van der Waals surface area contributed by atoms with Crippen LogP contribution in [0.15, 0.2) is 48.5 Å². The fourth-order valence-electron chi connectivity index (χ4n) is 2.65. The molecule has 0 saturated carbocycles. The molecule has 3 aromatic rings. The van der Waals surface area contributed by atoms with E-state index >= 15 is 0 Å². The maximum atomic E-state index is 14.3. The van der Waals surface area contributed by atoms with Crippen LogP contribution in [0.1, 0.15) is 29.8 Å². The molecule has 0 spiro atoms. The van der Waals surface area contributed by atoms with Crippen LogP contribution in [0.4, 0.5) is 4.39 Å². The highest BCUT2D eigenvalue weighted by molar-refractivity contribution is 5.97. The first-order valence-electron chi connectivity index (χ1n) is 9.20. The summed E-state index contributed by atoms with van der Waals surface area (Å²) in [6.45, 7) is 5.08. The van der Waals surface area contributed by atoms with Gasteiger partial charge in [0.05, 0.1) is 12.2 Å². The van der Waals surface area contributed by atoms with Crippen LogP contribution in [-0.2, 0) is 11.2 Å². The van der Waals surface area contributed by atoms with E-state index in [0.717, 1.165) is 16.7 Å². The standard InChI is InChI=1S/C21H22FN3O3/c1-3-15-9-11-16(12-10-15)20(26)25-19(17-7-5-6-8-18(17)22)23-21(24-25)28-14-13-27-4-2/h5-12H,3-4,13-14H2,1-2H3. The molecule has 146 valence electrons. The van der Waals surface area contributed by atoms with Crippen molar-refractivity contribution >= 4 is 5.91 Å². The summed E-state index contributed by atoms with van der Waals surface area (Å²) in [5, 5.41) is 4.16. The SMILES string of the molecule is CCOCCOc1nc(-c2ccccc2F)n(C(=O)c2ccc(CC)cc2)n1. The van der Waals surface area contributed by atoms with Crippen LogP contribution in [0.3, 0.4) is 0 Å². The van der Waals surface area contributed by atoms with Crippen LogP contribution in [0, 0.1) is 5.82 Å². The molecule has 0 aliphatic carbocycles. The van der Waals surface area contributed by atoms with E-state index in [1.807, 2.05) is 26.0 Å². The van der Waals surface area contributed by atoms with E-state index < -0.39 is 11.7 Å². The van der Waals surface area contributed by atoms with Gasteiger partial charge in [-0.05, 0) is 43.2 Å². The summed E-state index contributed by atoms with van der Waals surface area (Å²) in [6, 6.07) is 13.3. The van der Waals surface area contributed by atoms with Gasteiger partial charge < -0.3 is 9.47 Å². The van der Waals surface area contributed by atoms with Gasteiger partial charge in [0.1, 0.15) is 12.4 Å². The molecule has 0 fully saturated rings. The summed E-state index contributed by atoms with van der Waals surface area (Å²) in [6.07, 6.45) is 0.871. The average Bonchev–Trinajstić information content (AvgIpc) is 3.15. The molecule has 2 aromatic carbocycles. The lowest BCUT2D eigenvalue weighted by molar-refractivity contribution is 0.0938. The van der Waals surface area contributed by atoms with Crippen molar-refractivity contribution in [2.45, 2.75) is 20.3 Å². The van der Waals surface area contributed by atoms with Crippen LogP contribution >= 0.6 is 0 Å². The van der Waals surface area contributed by atoms with Gasteiger partial charge in [-0.3, -0.25) is 4.79 Å². The zero-order valence-electron chi connectivity index (χ0n) is 15.9. The molecular formula is C21H22FN3O3. The number of hydrogen-bond acceptors (Lipinski definition) is 5. The number of hydrogen-bond donors (Lipinski definition) is 0. The number of ether oxygens (including phenoxy) is 2. The first-order chi connectivity index (χ1) is 13.6. The van der Waals surface area contributed by atoms with Crippen LogP contribution in [0.2, 0.25) is 0 Å². The van der Waals surface area contributed by atoms with Gasteiger partial charge in [0, 0.05) is 12.2 Å². The molecule has 6 nitrogen and oxygen atoms in total. The Hall–Kier alpha value is -3.06. The highest BCUT2D eigenvalue weighted by Gasteiger charge is 2.22. The number of halogens is 1. The Kier molecular flexibility index (Phi) is 6.49. The first-order valence-corrected chi connectivity index (χ1v) is 9.20. The van der Waals surface area contributed by atoms with E-state index in [0.29, 0.717) is 18.8 Å². The maximum Gasteiger partial charge on any atom is 0.336 e. The predicted octanol–water partition coefficient (Wildman–Crippen LogP) is 3.75. The van der Waals surface area contributed by atoms with Crippen LogP contribution in [0.5, 0.6) is 6.01 Å². The molecule has 1 heterocycles. The Bertz CT molecular complexity index is 938. The molecule has 1 aromatic heterocycles. The predicted molar refractivity (Wildman–Crippen MR) is 103 cm³/mol. The van der Waals surface area contributed by atoms with Crippen molar-refractivity contribution in [3.05, 3.63) is 65.5 Å². The van der Waals surface area contributed by atoms with Crippen molar-refractivity contribution in [2.24, 2.45) is 0 Å². The summed E-state index contributed by atoms with van der Waals surface area (Å²) in [5.41, 5.74) is 1.72. The van der Waals surface area contributed by atoms with Crippen LogP contribution in [0.25, 0.3) is 11.4 Å². The van der Waals surface area contributed by atoms with Gasteiger partial charge in [0.25, 0.3) is 5.91 Å². The highest BCUT2D eigenvalue weighted by Crippen LogP contribution is 2.24. The number of aryl methyl sites for hydroxylation is 1. The molecule has 0 aliphatic heterocycles. The van der Waals surface area contributed by atoms with Gasteiger partial charge in [-0.25, -0.2) is 4.39 Å². The van der Waals surface area contributed by atoms with Gasteiger partial charge >= 0.3 is 6.01 Å². The smallest absolute Gasteiger partial charge is 0.336 e. The van der Waals surface area contributed by atoms with Crippen molar-refractivity contribution in [3.8, 4) is 17.4 Å². The third kappa shape index (κ3) is 4.43. The van der Waals surface area contributed by atoms with Gasteiger partial charge in [0.15, 0.2) is 5.82 Å². The lowest BCUT2D eigenvalue weighted by Gasteiger charge is -2.06. The maximum absolute atomic E-state index is 14.3. The first kappa shape index (κ1) is 19.7. The molecule has 28 heavy (non-hydrogen) atoms. The molecule has 0 amide bonds. The van der Waals surface area contributed by atoms with Crippen molar-refractivity contribution in [1.82, 2.24) is 14.8 Å². The van der Waals surface area contributed by atoms with E-state index in [4.69, 9.17) is 9.47 Å². The third-order valence-electron chi connectivity index (χ3n) is 4.17. The Balaban J connectivity index is 1.96. The number of benzene rings is 2. The molecule has 3 rings (SSSR count). The second-order valence-corrected chi connectivity index (χ2v) is 6.01. The zero-order valence-corrected chi connectivity index (χ0v) is 15.9. The van der Waals surface area contributed by atoms with Crippen molar-refractivity contribution in [2.75, 3.05) is 19.8 Å². The van der Waals surface area contributed by atoms with Crippen LogP contribution in [-0.4, -0.2) is 40.5 Å². The summed E-state index contributed by atoms with van der Waals surface area (Å²) in [4.78, 5) is 17.2. The zero-order chi connectivity index (χ0) is 19.9. The minimum absolute atomic E-state index is 0.00326. The summed E-state index contributed by atoms with van der Waals surface area (Å²) < 4.78 is 26.1.